The smallest absolute Gasteiger partial charge is 0.416 e. The Morgan fingerprint density at radius 1 is 0.966 bits per heavy atom. The Labute approximate surface area is 167 Å². The molecule has 29 heavy (non-hydrogen) atoms. The van der Waals surface area contributed by atoms with Crippen LogP contribution in [0.4, 0.5) is 18.9 Å². The number of anilines is 1. The molecule has 0 unspecified atom stereocenters. The van der Waals surface area contributed by atoms with Crippen molar-refractivity contribution in [1.29, 1.82) is 0 Å². The highest BCUT2D eigenvalue weighted by molar-refractivity contribution is 5.80. The normalized spacial score (nSPS) is 11.6. The molecule has 0 aliphatic heterocycles. The van der Waals surface area contributed by atoms with E-state index in [1.807, 2.05) is 38.1 Å². The largest absolute Gasteiger partial charge is 0.489 e. The van der Waals surface area contributed by atoms with Gasteiger partial charge in [0, 0.05) is 0 Å². The van der Waals surface area contributed by atoms with Gasteiger partial charge in [-0.15, -0.1) is 0 Å². The van der Waals surface area contributed by atoms with Gasteiger partial charge in [0.05, 0.1) is 17.5 Å². The van der Waals surface area contributed by atoms with Gasteiger partial charge in [-0.1, -0.05) is 42.0 Å². The first-order valence-corrected chi connectivity index (χ1v) is 9.06. The van der Waals surface area contributed by atoms with Gasteiger partial charge in [0.25, 0.3) is 0 Å². The second-order valence-corrected chi connectivity index (χ2v) is 6.74. The number of nitrogens with one attached hydrogen (secondary N) is 1. The molecule has 3 aromatic carbocycles. The van der Waals surface area contributed by atoms with Crippen LogP contribution >= 0.6 is 0 Å². The van der Waals surface area contributed by atoms with E-state index in [0.29, 0.717) is 12.4 Å². The van der Waals surface area contributed by atoms with Gasteiger partial charge < -0.3 is 4.74 Å². The summed E-state index contributed by atoms with van der Waals surface area (Å²) in [5.74, 6) is 0.689. The van der Waals surface area contributed by atoms with Crippen molar-refractivity contribution in [2.45, 2.75) is 26.6 Å². The third-order valence-corrected chi connectivity index (χ3v) is 4.35. The van der Waals surface area contributed by atoms with Crippen LogP contribution in [0, 0.1) is 13.8 Å². The SMILES string of the molecule is Cc1ccc(C)c(COc2cccc(C=NNc3cccc(C(F)(F)F)c3)c2)c1. The minimum atomic E-state index is -4.39. The number of ether oxygens (including phenoxy) is 1. The van der Waals surface area contributed by atoms with E-state index in [2.05, 4.69) is 28.7 Å². The average molecular weight is 398 g/mol. The van der Waals surface area contributed by atoms with Crippen molar-refractivity contribution in [3.05, 3.63) is 94.5 Å². The second-order valence-electron chi connectivity index (χ2n) is 6.74. The monoisotopic (exact) mass is 398 g/mol. The van der Waals surface area contributed by atoms with Gasteiger partial charge in [0.1, 0.15) is 12.4 Å². The number of nitrogens with zero attached hydrogens (tertiary/aromatic N) is 1. The number of hydrogen-bond donors (Lipinski definition) is 1. The summed E-state index contributed by atoms with van der Waals surface area (Å²) in [6.07, 6.45) is -2.85. The van der Waals surface area contributed by atoms with Crippen molar-refractivity contribution in [3.63, 3.8) is 0 Å². The van der Waals surface area contributed by atoms with E-state index in [9.17, 15) is 13.2 Å². The summed E-state index contributed by atoms with van der Waals surface area (Å²) < 4.78 is 44.2. The van der Waals surface area contributed by atoms with E-state index in [0.717, 1.165) is 23.3 Å². The van der Waals surface area contributed by atoms with Crippen LogP contribution in [0.1, 0.15) is 27.8 Å². The Morgan fingerprint density at radius 2 is 1.76 bits per heavy atom. The zero-order valence-electron chi connectivity index (χ0n) is 16.1. The van der Waals surface area contributed by atoms with Crippen LogP contribution in [0.5, 0.6) is 5.75 Å². The molecule has 0 aromatic heterocycles. The highest BCUT2D eigenvalue weighted by Gasteiger charge is 2.30. The lowest BCUT2D eigenvalue weighted by molar-refractivity contribution is -0.137. The second kappa shape index (κ2) is 8.82. The molecule has 0 radical (unpaired) electrons. The predicted octanol–water partition coefficient (Wildman–Crippen LogP) is 6.35. The number of alkyl halides is 3. The van der Waals surface area contributed by atoms with Gasteiger partial charge in [0.15, 0.2) is 0 Å². The maximum absolute atomic E-state index is 12.8. The Bertz CT molecular complexity index is 1010. The molecule has 3 aromatic rings. The highest BCUT2D eigenvalue weighted by Crippen LogP contribution is 2.30. The Hall–Kier alpha value is -3.28. The third kappa shape index (κ3) is 5.85. The van der Waals surface area contributed by atoms with E-state index in [-0.39, 0.29) is 5.69 Å². The van der Waals surface area contributed by atoms with Crippen molar-refractivity contribution >= 4 is 11.9 Å². The molecule has 0 saturated heterocycles. The summed E-state index contributed by atoms with van der Waals surface area (Å²) >= 11 is 0. The third-order valence-electron chi connectivity index (χ3n) is 4.35. The Morgan fingerprint density at radius 3 is 2.55 bits per heavy atom. The molecule has 3 rings (SSSR count). The van der Waals surface area contributed by atoms with Crippen molar-refractivity contribution in [2.24, 2.45) is 5.10 Å². The number of aryl methyl sites for hydroxylation is 2. The molecule has 150 valence electrons. The number of benzene rings is 3. The molecule has 0 bridgehead atoms. The van der Waals surface area contributed by atoms with Crippen LogP contribution in [0.25, 0.3) is 0 Å². The van der Waals surface area contributed by atoms with Crippen LogP contribution in [-0.4, -0.2) is 6.21 Å². The lowest BCUT2D eigenvalue weighted by atomic mass is 10.1. The minimum absolute atomic E-state index is 0.262. The molecule has 0 aliphatic carbocycles. The quantitative estimate of drug-likeness (QED) is 0.388. The van der Waals surface area contributed by atoms with E-state index >= 15 is 0 Å². The lowest BCUT2D eigenvalue weighted by Crippen LogP contribution is -2.05. The fourth-order valence-electron chi connectivity index (χ4n) is 2.75. The molecule has 0 atom stereocenters. The molecule has 0 fully saturated rings. The summed E-state index contributed by atoms with van der Waals surface area (Å²) in [4.78, 5) is 0. The Kier molecular flexibility index (Phi) is 6.22. The standard InChI is InChI=1S/C23H21F3N2O/c1-16-9-10-17(2)19(11-16)15-29-22-8-3-5-18(12-22)14-27-28-21-7-4-6-20(13-21)23(24,25)26/h3-14,28H,15H2,1-2H3. The van der Waals surface area contributed by atoms with E-state index in [1.54, 1.807) is 0 Å². The molecule has 0 spiro atoms. The molecular formula is C23H21F3N2O. The van der Waals surface area contributed by atoms with E-state index in [4.69, 9.17) is 4.74 Å². The summed E-state index contributed by atoms with van der Waals surface area (Å²) in [6.45, 7) is 4.54. The summed E-state index contributed by atoms with van der Waals surface area (Å²) in [5, 5.41) is 4.02. The van der Waals surface area contributed by atoms with Crippen molar-refractivity contribution in [1.82, 2.24) is 0 Å². The number of rotatable bonds is 6. The molecule has 0 saturated carbocycles. The number of halogens is 3. The van der Waals surface area contributed by atoms with Crippen LogP contribution in [0.2, 0.25) is 0 Å². The molecule has 6 heteroatoms. The topological polar surface area (TPSA) is 33.6 Å². The van der Waals surface area contributed by atoms with Crippen molar-refractivity contribution in [3.8, 4) is 5.75 Å². The maximum atomic E-state index is 12.8. The van der Waals surface area contributed by atoms with Gasteiger partial charge in [-0.3, -0.25) is 5.43 Å². The van der Waals surface area contributed by atoms with Crippen LogP contribution < -0.4 is 10.2 Å². The van der Waals surface area contributed by atoms with Crippen LogP contribution in [0.3, 0.4) is 0 Å². The molecule has 0 aliphatic rings. The maximum Gasteiger partial charge on any atom is 0.416 e. The van der Waals surface area contributed by atoms with Crippen LogP contribution in [-0.2, 0) is 12.8 Å². The van der Waals surface area contributed by atoms with E-state index < -0.39 is 11.7 Å². The zero-order valence-corrected chi connectivity index (χ0v) is 16.1. The summed E-state index contributed by atoms with van der Waals surface area (Å²) in [6, 6.07) is 18.5. The predicted molar refractivity (Wildman–Crippen MR) is 109 cm³/mol. The lowest BCUT2D eigenvalue weighted by Gasteiger charge is -2.10. The number of hydrogen-bond acceptors (Lipinski definition) is 3. The van der Waals surface area contributed by atoms with Crippen molar-refractivity contribution in [2.75, 3.05) is 5.43 Å². The minimum Gasteiger partial charge on any atom is -0.489 e. The first kappa shape index (κ1) is 20.5. The van der Waals surface area contributed by atoms with Gasteiger partial charge in [0.2, 0.25) is 0 Å². The zero-order chi connectivity index (χ0) is 20.9. The van der Waals surface area contributed by atoms with Gasteiger partial charge >= 0.3 is 6.18 Å². The molecule has 0 amide bonds. The van der Waals surface area contributed by atoms with Gasteiger partial charge in [-0.25, -0.2) is 0 Å². The fraction of sp³-hybridized carbons (Fsp3) is 0.174. The molecule has 0 heterocycles. The first-order valence-electron chi connectivity index (χ1n) is 9.06. The molecule has 3 nitrogen and oxygen atoms in total. The number of hydrazone groups is 1. The Balaban J connectivity index is 1.63. The summed E-state index contributed by atoms with van der Waals surface area (Å²) in [7, 11) is 0. The van der Waals surface area contributed by atoms with Crippen molar-refractivity contribution < 1.29 is 17.9 Å². The summed E-state index contributed by atoms with van der Waals surface area (Å²) in [5.41, 5.74) is 6.39. The first-order chi connectivity index (χ1) is 13.8. The van der Waals surface area contributed by atoms with Gasteiger partial charge in [-0.2, -0.15) is 18.3 Å². The van der Waals surface area contributed by atoms with E-state index in [1.165, 1.54) is 29.5 Å². The highest BCUT2D eigenvalue weighted by atomic mass is 19.4. The molecular weight excluding hydrogens is 377 g/mol. The van der Waals surface area contributed by atoms with Crippen LogP contribution in [0.15, 0.2) is 71.8 Å². The molecule has 1 N–H and O–H groups in total. The fourth-order valence-corrected chi connectivity index (χ4v) is 2.75. The van der Waals surface area contributed by atoms with Gasteiger partial charge in [-0.05, 0) is 60.9 Å². The average Bonchev–Trinajstić information content (AvgIpc) is 2.69.